The first-order valence-electron chi connectivity index (χ1n) is 12.6. The molecule has 38 heavy (non-hydrogen) atoms. The van der Waals surface area contributed by atoms with Crippen molar-refractivity contribution < 1.29 is 17.7 Å². The van der Waals surface area contributed by atoms with Gasteiger partial charge in [-0.2, -0.15) is 0 Å². The molecule has 0 amide bonds. The molecule has 0 aliphatic carbocycles. The fourth-order valence-corrected chi connectivity index (χ4v) is 7.41. The van der Waals surface area contributed by atoms with Crippen molar-refractivity contribution in [3.8, 4) is 0 Å². The lowest BCUT2D eigenvalue weighted by Gasteiger charge is -2.32. The first kappa shape index (κ1) is 26.3. The minimum atomic E-state index is -2.91. The Hall–Kier alpha value is -3.29. The topological polar surface area (TPSA) is 71.0 Å². The predicted molar refractivity (Wildman–Crippen MR) is 144 cm³/mol. The Balaban J connectivity index is 1.40. The van der Waals surface area contributed by atoms with E-state index >= 15 is 0 Å². The first-order valence-corrected chi connectivity index (χ1v) is 14.6. The van der Waals surface area contributed by atoms with E-state index in [1.807, 2.05) is 18.2 Å². The molecule has 0 spiro atoms. The summed E-state index contributed by atoms with van der Waals surface area (Å²) >= 11 is 0. The van der Waals surface area contributed by atoms with E-state index in [1.54, 1.807) is 26.1 Å². The standard InChI is InChI=1S/C28H29F3N5OP/c1-18(21-9-6-10-22(26(21)29)27(30)31)33-28-23-15-25(32-16-24(23)34-19(2)35-28)38(37)13-11-36(12-14-38)17-20-7-4-3-5-8-20/h3-10,15-16,18,27H,11-14,17H2,1-2H3,(H,33,34,35)/t18-/m1/s1. The minimum absolute atomic E-state index is 0.111. The fourth-order valence-electron chi connectivity index (χ4n) is 4.88. The molecular formula is C28H29F3N5OP. The van der Waals surface area contributed by atoms with E-state index in [0.717, 1.165) is 12.6 Å². The number of nitrogens with zero attached hydrogens (tertiary/aromatic N) is 4. The van der Waals surface area contributed by atoms with Crippen LogP contribution in [0.15, 0.2) is 60.8 Å². The molecule has 4 aromatic rings. The van der Waals surface area contributed by atoms with Crippen LogP contribution in [-0.2, 0) is 11.1 Å². The van der Waals surface area contributed by atoms with Gasteiger partial charge in [-0.25, -0.2) is 23.1 Å². The van der Waals surface area contributed by atoms with Crippen molar-refractivity contribution in [2.24, 2.45) is 0 Å². The van der Waals surface area contributed by atoms with E-state index in [4.69, 9.17) is 0 Å². The summed E-state index contributed by atoms with van der Waals surface area (Å²) in [4.78, 5) is 15.8. The van der Waals surface area contributed by atoms with Crippen LogP contribution in [0.25, 0.3) is 10.9 Å². The lowest BCUT2D eigenvalue weighted by atomic mass is 10.0. The Labute approximate surface area is 219 Å². The van der Waals surface area contributed by atoms with Crippen LogP contribution >= 0.6 is 7.14 Å². The van der Waals surface area contributed by atoms with Crippen LogP contribution in [0, 0.1) is 12.7 Å². The second kappa shape index (κ2) is 10.8. The highest BCUT2D eigenvalue weighted by Crippen LogP contribution is 2.46. The van der Waals surface area contributed by atoms with Crippen LogP contribution in [0.3, 0.4) is 0 Å². The van der Waals surface area contributed by atoms with Gasteiger partial charge in [0.1, 0.15) is 30.0 Å². The predicted octanol–water partition coefficient (Wildman–Crippen LogP) is 6.09. The summed E-state index contributed by atoms with van der Waals surface area (Å²) in [7, 11) is -2.74. The van der Waals surface area contributed by atoms with Crippen molar-refractivity contribution in [3.05, 3.63) is 89.1 Å². The van der Waals surface area contributed by atoms with Gasteiger partial charge in [0.05, 0.1) is 23.3 Å². The van der Waals surface area contributed by atoms with Gasteiger partial charge in [0.25, 0.3) is 6.43 Å². The van der Waals surface area contributed by atoms with Crippen LogP contribution in [-0.4, -0.2) is 45.3 Å². The number of alkyl halides is 2. The number of pyridine rings is 1. The number of nitrogens with one attached hydrogen (secondary N) is 1. The molecule has 0 radical (unpaired) electrons. The molecule has 3 heterocycles. The van der Waals surface area contributed by atoms with Crippen molar-refractivity contribution in [1.29, 1.82) is 0 Å². The lowest BCUT2D eigenvalue weighted by Crippen LogP contribution is -2.37. The van der Waals surface area contributed by atoms with Crippen molar-refractivity contribution in [2.45, 2.75) is 32.9 Å². The molecule has 0 bridgehead atoms. The third-order valence-corrected chi connectivity index (χ3v) is 9.94. The summed E-state index contributed by atoms with van der Waals surface area (Å²) in [5.74, 6) is -0.0455. The smallest absolute Gasteiger partial charge is 0.266 e. The summed E-state index contributed by atoms with van der Waals surface area (Å²) in [5.41, 5.74) is 1.79. The number of rotatable bonds is 7. The number of halogens is 3. The maximum absolute atomic E-state index is 14.8. The summed E-state index contributed by atoms with van der Waals surface area (Å²) in [6.07, 6.45) is -0.260. The maximum Gasteiger partial charge on any atom is 0.266 e. The molecule has 10 heteroatoms. The van der Waals surface area contributed by atoms with Crippen LogP contribution in [0.4, 0.5) is 19.0 Å². The van der Waals surface area contributed by atoms with E-state index in [9.17, 15) is 17.7 Å². The average Bonchev–Trinajstić information content (AvgIpc) is 2.90. The first-order chi connectivity index (χ1) is 18.2. The van der Waals surface area contributed by atoms with Gasteiger partial charge in [-0.3, -0.25) is 9.88 Å². The molecule has 0 unspecified atom stereocenters. The van der Waals surface area contributed by atoms with Gasteiger partial charge in [-0.1, -0.05) is 48.5 Å². The van der Waals surface area contributed by atoms with Gasteiger partial charge in [0.2, 0.25) is 0 Å². The number of fused-ring (bicyclic) bond motifs is 1. The largest absolute Gasteiger partial charge is 0.363 e. The summed E-state index contributed by atoms with van der Waals surface area (Å²) < 4.78 is 55.2. The van der Waals surface area contributed by atoms with Crippen LogP contribution in [0.5, 0.6) is 0 Å². The Bertz CT molecular complexity index is 1490. The van der Waals surface area contributed by atoms with E-state index in [0.29, 0.717) is 53.4 Å². The Morgan fingerprint density at radius 2 is 1.74 bits per heavy atom. The van der Waals surface area contributed by atoms with Gasteiger partial charge < -0.3 is 9.88 Å². The van der Waals surface area contributed by atoms with E-state index in [2.05, 4.69) is 37.3 Å². The van der Waals surface area contributed by atoms with Gasteiger partial charge in [-0.05, 0) is 25.5 Å². The Kier molecular flexibility index (Phi) is 7.50. The van der Waals surface area contributed by atoms with Crippen LogP contribution in [0.1, 0.15) is 41.9 Å². The van der Waals surface area contributed by atoms with E-state index < -0.39 is 31.0 Å². The Morgan fingerprint density at radius 3 is 2.45 bits per heavy atom. The van der Waals surface area contributed by atoms with Gasteiger partial charge in [0, 0.05) is 42.9 Å². The van der Waals surface area contributed by atoms with Crippen molar-refractivity contribution in [2.75, 3.05) is 30.7 Å². The zero-order valence-electron chi connectivity index (χ0n) is 21.2. The normalized spacial score (nSPS) is 16.6. The highest BCUT2D eigenvalue weighted by molar-refractivity contribution is 7.71. The molecule has 1 aliphatic heterocycles. The molecule has 198 valence electrons. The minimum Gasteiger partial charge on any atom is -0.363 e. The van der Waals surface area contributed by atoms with Crippen LogP contribution in [0.2, 0.25) is 0 Å². The molecule has 1 fully saturated rings. The molecule has 1 aliphatic rings. The molecule has 6 nitrogen and oxygen atoms in total. The van der Waals surface area contributed by atoms with E-state index in [1.165, 1.54) is 17.7 Å². The molecule has 1 N–H and O–H groups in total. The molecule has 1 atom stereocenters. The highest BCUT2D eigenvalue weighted by Gasteiger charge is 2.32. The number of aromatic nitrogens is 3. The van der Waals surface area contributed by atoms with Gasteiger partial charge >= 0.3 is 0 Å². The molecule has 0 saturated carbocycles. The van der Waals surface area contributed by atoms with Crippen LogP contribution < -0.4 is 10.8 Å². The molecule has 2 aromatic heterocycles. The summed E-state index contributed by atoms with van der Waals surface area (Å²) in [6, 6.07) is 15.3. The molecular weight excluding hydrogens is 510 g/mol. The summed E-state index contributed by atoms with van der Waals surface area (Å²) in [5, 5.41) is 3.78. The zero-order valence-corrected chi connectivity index (χ0v) is 22.1. The second-order valence-corrected chi connectivity index (χ2v) is 12.8. The van der Waals surface area contributed by atoms with Gasteiger partial charge in [-0.15, -0.1) is 0 Å². The number of hydrogen-bond donors (Lipinski definition) is 1. The Morgan fingerprint density at radius 1 is 1.03 bits per heavy atom. The maximum atomic E-state index is 14.8. The van der Waals surface area contributed by atoms with Crippen molar-refractivity contribution >= 4 is 29.3 Å². The second-order valence-electron chi connectivity index (χ2n) is 9.69. The number of benzene rings is 2. The third-order valence-electron chi connectivity index (χ3n) is 7.01. The quantitative estimate of drug-likeness (QED) is 0.287. The van der Waals surface area contributed by atoms with Crippen molar-refractivity contribution in [1.82, 2.24) is 19.9 Å². The summed E-state index contributed by atoms with van der Waals surface area (Å²) in [6.45, 7) is 5.64. The SMILES string of the molecule is Cc1nc(N[C@H](C)c2cccc(C(F)F)c2F)c2cc(P3(=O)CCN(Cc4ccccc4)CC3)ncc2n1. The van der Waals surface area contributed by atoms with E-state index in [-0.39, 0.29) is 5.56 Å². The monoisotopic (exact) mass is 539 g/mol. The van der Waals surface area contributed by atoms with Gasteiger partial charge in [0.15, 0.2) is 0 Å². The average molecular weight is 540 g/mol. The molecule has 1 saturated heterocycles. The van der Waals surface area contributed by atoms with Crippen molar-refractivity contribution in [3.63, 3.8) is 0 Å². The lowest BCUT2D eigenvalue weighted by molar-refractivity contribution is 0.146. The number of hydrogen-bond acceptors (Lipinski definition) is 6. The molecule has 2 aromatic carbocycles. The number of aryl methyl sites for hydroxylation is 1. The highest BCUT2D eigenvalue weighted by atomic mass is 31.2. The fraction of sp³-hybridized carbons (Fsp3) is 0.321. The molecule has 5 rings (SSSR count). The zero-order chi connectivity index (χ0) is 26.9. The number of anilines is 1. The third kappa shape index (κ3) is 5.45.